The van der Waals surface area contributed by atoms with E-state index in [1.54, 1.807) is 0 Å². The fraction of sp³-hybridized carbons (Fsp3) is 0. The molecule has 4 heteroatoms. The lowest BCUT2D eigenvalue weighted by Gasteiger charge is -2.11. The average molecular weight is 652 g/mol. The van der Waals surface area contributed by atoms with Gasteiger partial charge in [0.2, 0.25) is 0 Å². The van der Waals surface area contributed by atoms with E-state index in [-0.39, 0.29) is 0 Å². The Labute approximate surface area is 294 Å². The maximum atomic E-state index is 6.17. The molecule has 51 heavy (non-hydrogen) atoms. The number of furan rings is 1. The van der Waals surface area contributed by atoms with Crippen molar-refractivity contribution in [2.75, 3.05) is 0 Å². The molecule has 0 amide bonds. The van der Waals surface area contributed by atoms with E-state index in [1.165, 1.54) is 16.3 Å². The highest BCUT2D eigenvalue weighted by Gasteiger charge is 2.15. The minimum Gasteiger partial charge on any atom is -0.456 e. The van der Waals surface area contributed by atoms with Crippen LogP contribution in [0.4, 0.5) is 0 Å². The average Bonchev–Trinajstić information content (AvgIpc) is 3.60. The van der Waals surface area contributed by atoms with Gasteiger partial charge in [0.05, 0.1) is 0 Å². The largest absolute Gasteiger partial charge is 0.456 e. The van der Waals surface area contributed by atoms with Gasteiger partial charge in [-0.15, -0.1) is 0 Å². The zero-order valence-electron chi connectivity index (χ0n) is 27.5. The van der Waals surface area contributed by atoms with Crippen LogP contribution in [0.15, 0.2) is 180 Å². The van der Waals surface area contributed by atoms with Crippen molar-refractivity contribution in [1.29, 1.82) is 0 Å². The maximum Gasteiger partial charge on any atom is 0.164 e. The molecule has 0 radical (unpaired) electrons. The van der Waals surface area contributed by atoms with Crippen LogP contribution in [0.1, 0.15) is 0 Å². The molecule has 0 saturated heterocycles. The predicted octanol–water partition coefficient (Wildman–Crippen LogP) is 12.4. The molecule has 238 valence electrons. The molecule has 8 aromatic carbocycles. The minimum absolute atomic E-state index is 0.637. The third-order valence-electron chi connectivity index (χ3n) is 9.71. The number of rotatable bonds is 5. The SMILES string of the molecule is c1ccc(-c2nc(-c3ccc(-c4ccc5ccccc5c4)cc3)nc(-c3ccc4cc(-c5cccc6oc7ccccc7c56)ccc4c3)n2)cc1. The van der Waals surface area contributed by atoms with Gasteiger partial charge in [-0.25, -0.2) is 15.0 Å². The fourth-order valence-electron chi connectivity index (χ4n) is 7.10. The number of nitrogens with zero attached hydrogens (tertiary/aromatic N) is 3. The van der Waals surface area contributed by atoms with Gasteiger partial charge in [0.1, 0.15) is 11.2 Å². The number of benzene rings is 8. The van der Waals surface area contributed by atoms with Crippen LogP contribution in [0.2, 0.25) is 0 Å². The second kappa shape index (κ2) is 11.9. The summed E-state index contributed by atoms with van der Waals surface area (Å²) >= 11 is 0. The minimum atomic E-state index is 0.637. The first kappa shape index (κ1) is 29.0. The van der Waals surface area contributed by atoms with Crippen LogP contribution in [-0.2, 0) is 0 Å². The normalized spacial score (nSPS) is 11.5. The van der Waals surface area contributed by atoms with Crippen molar-refractivity contribution in [1.82, 2.24) is 15.0 Å². The highest BCUT2D eigenvalue weighted by Crippen LogP contribution is 2.38. The Kier molecular flexibility index (Phi) is 6.78. The van der Waals surface area contributed by atoms with Crippen molar-refractivity contribution in [3.8, 4) is 56.4 Å². The number of aromatic nitrogens is 3. The summed E-state index contributed by atoms with van der Waals surface area (Å²) in [5, 5.41) is 6.98. The molecule has 2 aromatic heterocycles. The molecule has 0 atom stereocenters. The van der Waals surface area contributed by atoms with Gasteiger partial charge in [-0.05, 0) is 74.1 Å². The maximum absolute atomic E-state index is 6.17. The highest BCUT2D eigenvalue weighted by molar-refractivity contribution is 6.13. The summed E-state index contributed by atoms with van der Waals surface area (Å²) in [6.45, 7) is 0. The third kappa shape index (κ3) is 5.22. The molecule has 0 bridgehead atoms. The Balaban J connectivity index is 1.04. The van der Waals surface area contributed by atoms with Crippen LogP contribution in [-0.4, -0.2) is 15.0 Å². The summed E-state index contributed by atoms with van der Waals surface area (Å²) in [7, 11) is 0. The molecule has 0 aliphatic carbocycles. The van der Waals surface area contributed by atoms with Crippen molar-refractivity contribution in [2.45, 2.75) is 0 Å². The van der Waals surface area contributed by atoms with Gasteiger partial charge >= 0.3 is 0 Å². The fourth-order valence-corrected chi connectivity index (χ4v) is 7.10. The first-order chi connectivity index (χ1) is 25.2. The number of hydrogen-bond donors (Lipinski definition) is 0. The summed E-state index contributed by atoms with van der Waals surface area (Å²) < 4.78 is 6.17. The smallest absolute Gasteiger partial charge is 0.164 e. The zero-order chi connectivity index (χ0) is 33.7. The van der Waals surface area contributed by atoms with E-state index < -0.39 is 0 Å². The third-order valence-corrected chi connectivity index (χ3v) is 9.71. The van der Waals surface area contributed by atoms with Crippen molar-refractivity contribution in [3.63, 3.8) is 0 Å². The van der Waals surface area contributed by atoms with Crippen LogP contribution in [0.5, 0.6) is 0 Å². The van der Waals surface area contributed by atoms with E-state index in [1.807, 2.05) is 48.5 Å². The molecule has 0 aliphatic heterocycles. The van der Waals surface area contributed by atoms with E-state index >= 15 is 0 Å². The Bertz CT molecular complexity index is 2910. The van der Waals surface area contributed by atoms with Crippen molar-refractivity contribution in [2.24, 2.45) is 0 Å². The first-order valence-electron chi connectivity index (χ1n) is 17.1. The summed E-state index contributed by atoms with van der Waals surface area (Å²) in [5.74, 6) is 1.92. The van der Waals surface area contributed by atoms with E-state index in [2.05, 4.69) is 127 Å². The topological polar surface area (TPSA) is 51.8 Å². The second-order valence-corrected chi connectivity index (χ2v) is 12.9. The van der Waals surface area contributed by atoms with Crippen LogP contribution < -0.4 is 0 Å². The summed E-state index contributed by atoms with van der Waals surface area (Å²) in [5.41, 5.74) is 9.24. The van der Waals surface area contributed by atoms with Crippen molar-refractivity contribution >= 4 is 43.5 Å². The van der Waals surface area contributed by atoms with Gasteiger partial charge in [0.15, 0.2) is 17.5 Å². The molecule has 4 nitrogen and oxygen atoms in total. The molecular weight excluding hydrogens is 623 g/mol. The quantitative estimate of drug-likeness (QED) is 0.186. The lowest BCUT2D eigenvalue weighted by Crippen LogP contribution is -2.00. The van der Waals surface area contributed by atoms with E-state index in [0.29, 0.717) is 17.5 Å². The predicted molar refractivity (Wildman–Crippen MR) is 209 cm³/mol. The standard InChI is InChI=1S/C47H29N3O/c1-2-10-32(11-3-1)45-48-46(33-20-17-31(18-21-33)35-22-19-30-9-4-5-12-34(30)27-35)50-47(49-45)39-26-24-36-28-38(25-23-37(36)29-39)40-14-8-16-43-44(40)41-13-6-7-15-42(41)51-43/h1-29H. The highest BCUT2D eigenvalue weighted by atomic mass is 16.3. The van der Waals surface area contributed by atoms with Gasteiger partial charge in [-0.2, -0.15) is 0 Å². The van der Waals surface area contributed by atoms with E-state index in [0.717, 1.165) is 66.1 Å². The lowest BCUT2D eigenvalue weighted by atomic mass is 9.96. The Morgan fingerprint density at radius 3 is 1.63 bits per heavy atom. The number of fused-ring (bicyclic) bond motifs is 5. The molecule has 0 N–H and O–H groups in total. The Hall–Kier alpha value is -6.91. The molecule has 10 aromatic rings. The van der Waals surface area contributed by atoms with Gasteiger partial charge in [-0.3, -0.25) is 0 Å². The van der Waals surface area contributed by atoms with E-state index in [9.17, 15) is 0 Å². The zero-order valence-corrected chi connectivity index (χ0v) is 27.5. The van der Waals surface area contributed by atoms with Crippen LogP contribution >= 0.6 is 0 Å². The number of para-hydroxylation sites is 1. The Morgan fingerprint density at radius 1 is 0.314 bits per heavy atom. The molecule has 0 fully saturated rings. The van der Waals surface area contributed by atoms with Crippen molar-refractivity contribution in [3.05, 3.63) is 176 Å². The van der Waals surface area contributed by atoms with Gasteiger partial charge in [-0.1, -0.05) is 146 Å². The van der Waals surface area contributed by atoms with Crippen molar-refractivity contribution < 1.29 is 4.42 Å². The van der Waals surface area contributed by atoms with Crippen LogP contribution in [0.3, 0.4) is 0 Å². The molecule has 0 unspecified atom stereocenters. The first-order valence-corrected chi connectivity index (χ1v) is 17.1. The monoisotopic (exact) mass is 651 g/mol. The van der Waals surface area contributed by atoms with Gasteiger partial charge < -0.3 is 4.42 Å². The lowest BCUT2D eigenvalue weighted by molar-refractivity contribution is 0.669. The van der Waals surface area contributed by atoms with Gasteiger partial charge in [0.25, 0.3) is 0 Å². The molecule has 0 spiro atoms. The molecule has 10 rings (SSSR count). The second-order valence-electron chi connectivity index (χ2n) is 12.9. The summed E-state index contributed by atoms with van der Waals surface area (Å²) in [6, 6.07) is 61.2. The molecule has 0 aliphatic rings. The van der Waals surface area contributed by atoms with Crippen LogP contribution in [0, 0.1) is 0 Å². The molecule has 2 heterocycles. The Morgan fingerprint density at radius 2 is 0.824 bits per heavy atom. The van der Waals surface area contributed by atoms with E-state index in [4.69, 9.17) is 19.4 Å². The van der Waals surface area contributed by atoms with Gasteiger partial charge in [0, 0.05) is 27.5 Å². The summed E-state index contributed by atoms with van der Waals surface area (Å²) in [4.78, 5) is 15.0. The van der Waals surface area contributed by atoms with Crippen LogP contribution in [0.25, 0.3) is 99.9 Å². The molecule has 0 saturated carbocycles. The number of hydrogen-bond acceptors (Lipinski definition) is 4. The molecular formula is C47H29N3O. The summed E-state index contributed by atoms with van der Waals surface area (Å²) in [6.07, 6.45) is 0.